The molecule has 0 spiro atoms. The van der Waals surface area contributed by atoms with Gasteiger partial charge in [0.25, 0.3) is 0 Å². The molecule has 186 valence electrons. The van der Waals surface area contributed by atoms with Crippen LogP contribution in [0.4, 0.5) is 0 Å². The topological polar surface area (TPSA) is 40.6 Å². The highest BCUT2D eigenvalue weighted by Crippen LogP contribution is 2.38. The highest BCUT2D eigenvalue weighted by molar-refractivity contribution is 5.83. The van der Waals surface area contributed by atoms with Crippen LogP contribution in [0.25, 0.3) is 0 Å². The van der Waals surface area contributed by atoms with Gasteiger partial charge in [0.15, 0.2) is 0 Å². The van der Waals surface area contributed by atoms with Crippen molar-refractivity contribution in [1.29, 1.82) is 0 Å². The van der Waals surface area contributed by atoms with Crippen molar-refractivity contribution in [3.63, 3.8) is 0 Å². The molecule has 2 aromatic rings. The Labute approximate surface area is 210 Å². The molecule has 0 N–H and O–H groups in total. The standard InChI is InChI=1S/C31H40N2O2/c1-23-8-7-13-27(20-23)29-15-14-28(22-33(29)31(35)26-11-5-6-12-26)30(34)32-18-16-25(17-19-32)21-24-9-3-2-4-10-24/h2-4,7-10,13,20,25-26,28-29H,5-6,11-12,14-19,21-22H2,1H3/t28-,29+/m0/s1. The summed E-state index contributed by atoms with van der Waals surface area (Å²) in [5.41, 5.74) is 3.85. The summed E-state index contributed by atoms with van der Waals surface area (Å²) < 4.78 is 0. The molecule has 2 amide bonds. The van der Waals surface area contributed by atoms with Gasteiger partial charge in [0.1, 0.15) is 0 Å². The lowest BCUT2D eigenvalue weighted by Gasteiger charge is -2.43. The third-order valence-corrected chi connectivity index (χ3v) is 8.64. The summed E-state index contributed by atoms with van der Waals surface area (Å²) in [4.78, 5) is 31.4. The van der Waals surface area contributed by atoms with Crippen molar-refractivity contribution < 1.29 is 9.59 Å². The van der Waals surface area contributed by atoms with E-state index in [1.54, 1.807) is 0 Å². The van der Waals surface area contributed by atoms with E-state index in [4.69, 9.17) is 0 Å². The number of amides is 2. The molecule has 2 heterocycles. The van der Waals surface area contributed by atoms with Crippen molar-refractivity contribution in [2.24, 2.45) is 17.8 Å². The van der Waals surface area contributed by atoms with E-state index in [1.807, 2.05) is 0 Å². The Morgan fingerprint density at radius 2 is 1.54 bits per heavy atom. The molecule has 5 rings (SSSR count). The molecule has 2 atom stereocenters. The summed E-state index contributed by atoms with van der Waals surface area (Å²) >= 11 is 0. The van der Waals surface area contributed by atoms with Crippen LogP contribution in [-0.4, -0.2) is 41.2 Å². The number of aryl methyl sites for hydroxylation is 1. The van der Waals surface area contributed by atoms with Gasteiger partial charge < -0.3 is 9.80 Å². The predicted molar refractivity (Wildman–Crippen MR) is 140 cm³/mol. The molecule has 3 fully saturated rings. The minimum Gasteiger partial charge on any atom is -0.342 e. The Morgan fingerprint density at radius 1 is 0.800 bits per heavy atom. The van der Waals surface area contributed by atoms with Gasteiger partial charge >= 0.3 is 0 Å². The number of likely N-dealkylation sites (tertiary alicyclic amines) is 2. The Bertz CT molecular complexity index is 1010. The molecule has 4 nitrogen and oxygen atoms in total. The van der Waals surface area contributed by atoms with Gasteiger partial charge in [-0.15, -0.1) is 0 Å². The monoisotopic (exact) mass is 472 g/mol. The van der Waals surface area contributed by atoms with Crippen molar-refractivity contribution in [3.8, 4) is 0 Å². The zero-order chi connectivity index (χ0) is 24.2. The van der Waals surface area contributed by atoms with Crippen LogP contribution in [0.2, 0.25) is 0 Å². The molecule has 2 saturated heterocycles. The minimum atomic E-state index is -0.0629. The molecule has 4 heteroatoms. The van der Waals surface area contributed by atoms with Gasteiger partial charge in [-0.3, -0.25) is 9.59 Å². The summed E-state index contributed by atoms with van der Waals surface area (Å²) in [7, 11) is 0. The SMILES string of the molecule is Cc1cccc([C@H]2CC[C@H](C(=O)N3CCC(Cc4ccccc4)CC3)CN2C(=O)C2CCCC2)c1. The average Bonchev–Trinajstić information content (AvgIpc) is 3.44. The van der Waals surface area contributed by atoms with E-state index in [0.29, 0.717) is 12.5 Å². The molecular weight excluding hydrogens is 432 g/mol. The second-order valence-electron chi connectivity index (χ2n) is 11.1. The number of carbonyl (C=O) groups excluding carboxylic acids is 2. The highest BCUT2D eigenvalue weighted by atomic mass is 16.2. The van der Waals surface area contributed by atoms with E-state index in [2.05, 4.69) is 71.3 Å². The normalized spacial score (nSPS) is 24.0. The van der Waals surface area contributed by atoms with Gasteiger partial charge in [-0.25, -0.2) is 0 Å². The lowest BCUT2D eigenvalue weighted by Crippen LogP contribution is -2.50. The van der Waals surface area contributed by atoms with Gasteiger partial charge in [-0.05, 0) is 68.9 Å². The maximum Gasteiger partial charge on any atom is 0.227 e. The molecule has 0 radical (unpaired) electrons. The first-order valence-electron chi connectivity index (χ1n) is 13.8. The number of rotatable bonds is 5. The zero-order valence-corrected chi connectivity index (χ0v) is 21.2. The minimum absolute atomic E-state index is 0.0629. The number of piperidine rings is 2. The molecular formula is C31H40N2O2. The van der Waals surface area contributed by atoms with Crippen molar-refractivity contribution in [3.05, 3.63) is 71.3 Å². The van der Waals surface area contributed by atoms with E-state index in [1.165, 1.54) is 16.7 Å². The second kappa shape index (κ2) is 11.0. The van der Waals surface area contributed by atoms with Crippen LogP contribution in [-0.2, 0) is 16.0 Å². The lowest BCUT2D eigenvalue weighted by atomic mass is 9.85. The fourth-order valence-corrected chi connectivity index (χ4v) is 6.61. The molecule has 35 heavy (non-hydrogen) atoms. The number of carbonyl (C=O) groups is 2. The molecule has 0 bridgehead atoms. The molecule has 3 aliphatic rings. The maximum absolute atomic E-state index is 13.6. The Balaban J connectivity index is 1.24. The van der Waals surface area contributed by atoms with E-state index in [-0.39, 0.29) is 29.7 Å². The Morgan fingerprint density at radius 3 is 2.26 bits per heavy atom. The van der Waals surface area contributed by atoms with Crippen LogP contribution < -0.4 is 0 Å². The molecule has 0 unspecified atom stereocenters. The number of hydrogen-bond acceptors (Lipinski definition) is 2. The Hall–Kier alpha value is -2.62. The first-order chi connectivity index (χ1) is 17.1. The van der Waals surface area contributed by atoms with E-state index < -0.39 is 0 Å². The van der Waals surface area contributed by atoms with Crippen molar-refractivity contribution in [2.45, 2.75) is 70.8 Å². The molecule has 1 saturated carbocycles. The molecule has 1 aliphatic carbocycles. The van der Waals surface area contributed by atoms with Gasteiger partial charge in [0.2, 0.25) is 11.8 Å². The fourth-order valence-electron chi connectivity index (χ4n) is 6.61. The molecule has 2 aliphatic heterocycles. The molecule has 2 aromatic carbocycles. The summed E-state index contributed by atoms with van der Waals surface area (Å²) in [6, 6.07) is 19.4. The smallest absolute Gasteiger partial charge is 0.227 e. The van der Waals surface area contributed by atoms with Gasteiger partial charge in [0.05, 0.1) is 12.0 Å². The van der Waals surface area contributed by atoms with Crippen molar-refractivity contribution >= 4 is 11.8 Å². The average molecular weight is 473 g/mol. The lowest BCUT2D eigenvalue weighted by molar-refractivity contribution is -0.146. The first-order valence-corrected chi connectivity index (χ1v) is 13.8. The largest absolute Gasteiger partial charge is 0.342 e. The van der Waals surface area contributed by atoms with Crippen LogP contribution in [0, 0.1) is 24.7 Å². The van der Waals surface area contributed by atoms with Crippen LogP contribution in [0.1, 0.15) is 74.1 Å². The van der Waals surface area contributed by atoms with Gasteiger partial charge in [-0.2, -0.15) is 0 Å². The van der Waals surface area contributed by atoms with Crippen molar-refractivity contribution in [1.82, 2.24) is 9.80 Å². The van der Waals surface area contributed by atoms with Gasteiger partial charge in [-0.1, -0.05) is 73.0 Å². The third-order valence-electron chi connectivity index (χ3n) is 8.64. The fraction of sp³-hybridized carbons (Fsp3) is 0.548. The Kier molecular flexibility index (Phi) is 7.55. The summed E-state index contributed by atoms with van der Waals surface area (Å²) in [5.74, 6) is 1.29. The highest BCUT2D eigenvalue weighted by Gasteiger charge is 2.40. The quantitative estimate of drug-likeness (QED) is 0.540. The number of hydrogen-bond donors (Lipinski definition) is 0. The van der Waals surface area contributed by atoms with Gasteiger partial charge in [0, 0.05) is 25.6 Å². The zero-order valence-electron chi connectivity index (χ0n) is 21.2. The van der Waals surface area contributed by atoms with Crippen LogP contribution in [0.3, 0.4) is 0 Å². The first kappa shape index (κ1) is 24.1. The third kappa shape index (κ3) is 5.63. The number of benzene rings is 2. The van der Waals surface area contributed by atoms with Crippen LogP contribution in [0.5, 0.6) is 0 Å². The van der Waals surface area contributed by atoms with E-state index >= 15 is 0 Å². The van der Waals surface area contributed by atoms with E-state index in [9.17, 15) is 9.59 Å². The molecule has 0 aromatic heterocycles. The van der Waals surface area contributed by atoms with E-state index in [0.717, 1.165) is 70.9 Å². The summed E-state index contributed by atoms with van der Waals surface area (Å²) in [5, 5.41) is 0. The summed E-state index contributed by atoms with van der Waals surface area (Å²) in [6.07, 6.45) is 9.31. The number of nitrogens with zero attached hydrogens (tertiary/aromatic N) is 2. The predicted octanol–water partition coefficient (Wildman–Crippen LogP) is 5.95. The summed E-state index contributed by atoms with van der Waals surface area (Å²) in [6.45, 7) is 4.40. The van der Waals surface area contributed by atoms with Crippen LogP contribution >= 0.6 is 0 Å². The van der Waals surface area contributed by atoms with Crippen molar-refractivity contribution in [2.75, 3.05) is 19.6 Å². The maximum atomic E-state index is 13.6. The van der Waals surface area contributed by atoms with Crippen LogP contribution in [0.15, 0.2) is 54.6 Å². The second-order valence-corrected chi connectivity index (χ2v) is 11.1.